The van der Waals surface area contributed by atoms with Gasteiger partial charge in [-0.2, -0.15) is 4.31 Å². The molecule has 0 bridgehead atoms. The highest BCUT2D eigenvalue weighted by atomic mass is 32.2. The van der Waals surface area contributed by atoms with E-state index in [1.807, 2.05) is 0 Å². The average Bonchev–Trinajstić information content (AvgIpc) is 2.74. The van der Waals surface area contributed by atoms with Gasteiger partial charge in [-0.05, 0) is 42.5 Å². The van der Waals surface area contributed by atoms with Gasteiger partial charge in [-0.3, -0.25) is 4.79 Å². The minimum atomic E-state index is -4.83. The molecule has 0 saturated carbocycles. The molecule has 1 saturated heterocycles. The number of sulfonamides is 1. The van der Waals surface area contributed by atoms with E-state index in [-0.39, 0.29) is 48.2 Å². The van der Waals surface area contributed by atoms with Crippen molar-refractivity contribution in [1.82, 2.24) is 4.31 Å². The number of carbonyl (C=O) groups excluding carboxylic acids is 1. The Morgan fingerprint density at radius 1 is 1.10 bits per heavy atom. The fraction of sp³-hybridized carbons (Fsp3) is 0.316. The largest absolute Gasteiger partial charge is 0.573 e. The fourth-order valence-corrected chi connectivity index (χ4v) is 4.33. The summed E-state index contributed by atoms with van der Waals surface area (Å²) in [5, 5.41) is 2.50. The summed E-state index contributed by atoms with van der Waals surface area (Å²) >= 11 is 0. The molecule has 3 rings (SSSR count). The molecule has 8 nitrogen and oxygen atoms in total. The molecule has 31 heavy (non-hydrogen) atoms. The van der Waals surface area contributed by atoms with Gasteiger partial charge in [0.15, 0.2) is 0 Å². The van der Waals surface area contributed by atoms with Gasteiger partial charge in [0, 0.05) is 18.8 Å². The van der Waals surface area contributed by atoms with E-state index in [0.717, 1.165) is 12.1 Å². The fourth-order valence-electron chi connectivity index (χ4n) is 2.90. The smallest absolute Gasteiger partial charge is 0.496 e. The summed E-state index contributed by atoms with van der Waals surface area (Å²) in [6, 6.07) is 8.42. The molecule has 2 aromatic rings. The molecular formula is C19H19F3N2O6S. The zero-order valence-electron chi connectivity index (χ0n) is 16.3. The Kier molecular flexibility index (Phi) is 6.72. The number of halogens is 3. The third kappa shape index (κ3) is 5.66. The first-order valence-corrected chi connectivity index (χ1v) is 10.5. The summed E-state index contributed by atoms with van der Waals surface area (Å²) in [5.41, 5.74) is 0.135. The van der Waals surface area contributed by atoms with E-state index < -0.39 is 28.0 Å². The molecule has 0 spiro atoms. The number of morpholine rings is 1. The number of nitrogens with zero attached hydrogens (tertiary/aromatic N) is 1. The van der Waals surface area contributed by atoms with Crippen LogP contribution in [0.4, 0.5) is 18.9 Å². The molecule has 12 heteroatoms. The van der Waals surface area contributed by atoms with E-state index in [4.69, 9.17) is 9.47 Å². The maximum atomic E-state index is 12.9. The van der Waals surface area contributed by atoms with Gasteiger partial charge in [0.2, 0.25) is 10.0 Å². The third-order valence-electron chi connectivity index (χ3n) is 4.37. The van der Waals surface area contributed by atoms with Gasteiger partial charge in [-0.25, -0.2) is 8.42 Å². The number of hydrogen-bond donors (Lipinski definition) is 1. The van der Waals surface area contributed by atoms with Crippen molar-refractivity contribution in [3.05, 3.63) is 48.0 Å². The van der Waals surface area contributed by atoms with Crippen molar-refractivity contribution in [3.8, 4) is 11.5 Å². The monoisotopic (exact) mass is 460 g/mol. The second kappa shape index (κ2) is 9.12. The number of rotatable bonds is 6. The van der Waals surface area contributed by atoms with Crippen molar-refractivity contribution in [2.45, 2.75) is 11.3 Å². The Hall–Kier alpha value is -2.83. The molecule has 1 aliphatic heterocycles. The number of hydrogen-bond acceptors (Lipinski definition) is 6. The van der Waals surface area contributed by atoms with Crippen molar-refractivity contribution in [1.29, 1.82) is 0 Å². The van der Waals surface area contributed by atoms with Gasteiger partial charge in [-0.15, -0.1) is 13.2 Å². The van der Waals surface area contributed by atoms with Crippen LogP contribution in [0, 0.1) is 0 Å². The van der Waals surface area contributed by atoms with Gasteiger partial charge in [0.1, 0.15) is 11.5 Å². The van der Waals surface area contributed by atoms with Crippen LogP contribution in [0.5, 0.6) is 11.5 Å². The van der Waals surface area contributed by atoms with Crippen LogP contribution in [-0.2, 0) is 14.8 Å². The van der Waals surface area contributed by atoms with Gasteiger partial charge in [0.25, 0.3) is 5.91 Å². The first-order chi connectivity index (χ1) is 14.6. The Labute approximate surface area is 176 Å². The van der Waals surface area contributed by atoms with E-state index in [1.165, 1.54) is 41.7 Å². The Morgan fingerprint density at radius 3 is 2.32 bits per heavy atom. The lowest BCUT2D eigenvalue weighted by Gasteiger charge is -2.26. The summed E-state index contributed by atoms with van der Waals surface area (Å²) in [4.78, 5) is 12.6. The van der Waals surface area contributed by atoms with Crippen LogP contribution in [-0.4, -0.2) is 58.4 Å². The van der Waals surface area contributed by atoms with E-state index in [0.29, 0.717) is 0 Å². The summed E-state index contributed by atoms with van der Waals surface area (Å²) < 4.78 is 77.9. The summed E-state index contributed by atoms with van der Waals surface area (Å²) in [7, 11) is -2.52. The predicted molar refractivity (Wildman–Crippen MR) is 104 cm³/mol. The normalized spacial score (nSPS) is 15.4. The molecule has 0 aromatic heterocycles. The van der Waals surface area contributed by atoms with Crippen molar-refractivity contribution in [2.75, 3.05) is 38.7 Å². The minimum Gasteiger partial charge on any atom is -0.496 e. The van der Waals surface area contributed by atoms with Crippen LogP contribution in [0.1, 0.15) is 10.4 Å². The maximum Gasteiger partial charge on any atom is 0.573 e. The number of ether oxygens (including phenoxy) is 3. The predicted octanol–water partition coefficient (Wildman–Crippen LogP) is 2.87. The Morgan fingerprint density at radius 2 is 1.74 bits per heavy atom. The molecule has 1 N–H and O–H groups in total. The number of anilines is 1. The van der Waals surface area contributed by atoms with Crippen LogP contribution < -0.4 is 14.8 Å². The zero-order valence-corrected chi connectivity index (χ0v) is 17.1. The topological polar surface area (TPSA) is 94.2 Å². The molecule has 168 valence electrons. The molecular weight excluding hydrogens is 441 g/mol. The highest BCUT2D eigenvalue weighted by Gasteiger charge is 2.31. The lowest BCUT2D eigenvalue weighted by Crippen LogP contribution is -2.40. The number of methoxy groups -OCH3 is 1. The molecule has 1 heterocycles. The number of benzene rings is 2. The maximum absolute atomic E-state index is 12.9. The summed E-state index contributed by atoms with van der Waals surface area (Å²) in [6.45, 7) is 0.942. The highest BCUT2D eigenvalue weighted by molar-refractivity contribution is 7.89. The highest BCUT2D eigenvalue weighted by Crippen LogP contribution is 2.27. The van der Waals surface area contributed by atoms with Crippen LogP contribution in [0.3, 0.4) is 0 Å². The molecule has 0 radical (unpaired) electrons. The lowest BCUT2D eigenvalue weighted by atomic mass is 10.2. The van der Waals surface area contributed by atoms with Gasteiger partial charge in [-0.1, -0.05) is 0 Å². The third-order valence-corrected chi connectivity index (χ3v) is 6.26. The molecule has 1 fully saturated rings. The number of alkyl halides is 3. The zero-order chi connectivity index (χ0) is 22.6. The summed E-state index contributed by atoms with van der Waals surface area (Å²) in [5.74, 6) is -1.00. The van der Waals surface area contributed by atoms with Gasteiger partial charge < -0.3 is 19.5 Å². The number of nitrogens with one attached hydrogen (secondary N) is 1. The molecule has 0 atom stereocenters. The summed E-state index contributed by atoms with van der Waals surface area (Å²) in [6.07, 6.45) is -4.83. The van der Waals surface area contributed by atoms with E-state index in [9.17, 15) is 26.4 Å². The number of carbonyl (C=O) groups is 1. The van der Waals surface area contributed by atoms with Crippen molar-refractivity contribution < 1.29 is 40.6 Å². The van der Waals surface area contributed by atoms with E-state index in [2.05, 4.69) is 10.1 Å². The van der Waals surface area contributed by atoms with E-state index in [1.54, 1.807) is 0 Å². The van der Waals surface area contributed by atoms with Gasteiger partial charge >= 0.3 is 6.36 Å². The SMILES string of the molecule is COc1ccc(S(=O)(=O)N2CCOCC2)cc1C(=O)Nc1ccc(OC(F)(F)F)cc1. The van der Waals surface area contributed by atoms with Crippen molar-refractivity contribution >= 4 is 21.6 Å². The first-order valence-electron chi connectivity index (χ1n) is 9.03. The molecule has 0 unspecified atom stereocenters. The van der Waals surface area contributed by atoms with Crippen LogP contribution in [0.15, 0.2) is 47.4 Å². The standard InChI is InChI=1S/C19H19F3N2O6S/c1-28-17-7-6-15(31(26,27)24-8-10-29-11-9-24)12-16(17)18(25)23-13-2-4-14(5-3-13)30-19(20,21)22/h2-7,12H,8-11H2,1H3,(H,23,25). The minimum absolute atomic E-state index is 0.0487. The molecule has 0 aliphatic carbocycles. The quantitative estimate of drug-likeness (QED) is 0.713. The second-order valence-electron chi connectivity index (χ2n) is 6.40. The molecule has 1 aliphatic rings. The Bertz CT molecular complexity index is 1040. The van der Waals surface area contributed by atoms with Crippen molar-refractivity contribution in [2.24, 2.45) is 0 Å². The first kappa shape index (κ1) is 22.8. The van der Waals surface area contributed by atoms with Crippen LogP contribution >= 0.6 is 0 Å². The molecule has 2 aromatic carbocycles. The molecule has 1 amide bonds. The van der Waals surface area contributed by atoms with Crippen LogP contribution in [0.25, 0.3) is 0 Å². The average molecular weight is 460 g/mol. The number of amides is 1. The van der Waals surface area contributed by atoms with Crippen LogP contribution in [0.2, 0.25) is 0 Å². The second-order valence-corrected chi connectivity index (χ2v) is 8.34. The van der Waals surface area contributed by atoms with E-state index >= 15 is 0 Å². The lowest BCUT2D eigenvalue weighted by molar-refractivity contribution is -0.274. The Balaban J connectivity index is 1.82. The van der Waals surface area contributed by atoms with Crippen molar-refractivity contribution in [3.63, 3.8) is 0 Å². The van der Waals surface area contributed by atoms with Gasteiger partial charge in [0.05, 0.1) is 30.8 Å².